The van der Waals surface area contributed by atoms with E-state index in [0.29, 0.717) is 69.9 Å². The third kappa shape index (κ3) is 5.83. The fourth-order valence-electron chi connectivity index (χ4n) is 4.87. The highest BCUT2D eigenvalue weighted by Gasteiger charge is 2.20. The van der Waals surface area contributed by atoms with Crippen molar-refractivity contribution < 1.29 is 23.8 Å². The molecule has 0 saturated heterocycles. The summed E-state index contributed by atoms with van der Waals surface area (Å²) in [6.07, 6.45) is 0.606. The van der Waals surface area contributed by atoms with E-state index in [1.54, 1.807) is 31.2 Å². The number of anilines is 1. The van der Waals surface area contributed by atoms with Crippen LogP contribution in [-0.4, -0.2) is 46.2 Å². The molecular formula is C31H29N3O5S3. The zero-order valence-electron chi connectivity index (χ0n) is 22.9. The molecule has 0 aromatic heterocycles. The van der Waals surface area contributed by atoms with Gasteiger partial charge in [-0.2, -0.15) is 0 Å². The van der Waals surface area contributed by atoms with Gasteiger partial charge in [0.05, 0.1) is 0 Å². The number of phenolic OH excluding ortho intramolecular Hbond substituents is 1. The van der Waals surface area contributed by atoms with Crippen LogP contribution < -0.4 is 14.9 Å². The van der Waals surface area contributed by atoms with Gasteiger partial charge < -0.3 is 29.2 Å². The van der Waals surface area contributed by atoms with E-state index < -0.39 is 0 Å². The molecule has 0 heterocycles. The number of nitrogens with zero attached hydrogens (tertiary/aromatic N) is 1. The van der Waals surface area contributed by atoms with Gasteiger partial charge in [0.1, 0.15) is 5.75 Å². The normalized spacial score (nSPS) is 11.3. The number of phenols is 1. The summed E-state index contributed by atoms with van der Waals surface area (Å²) in [5.41, 5.74) is 1.84. The van der Waals surface area contributed by atoms with Crippen molar-refractivity contribution in [1.82, 2.24) is 10.6 Å². The lowest BCUT2D eigenvalue weighted by Crippen LogP contribution is -2.30. The number of aromatic hydroxyl groups is 1. The summed E-state index contributed by atoms with van der Waals surface area (Å²) >= 11 is 2.71. The maximum absolute atomic E-state index is 12.6. The average molecular weight is 620 g/mol. The van der Waals surface area contributed by atoms with E-state index in [0.717, 1.165) is 37.5 Å². The molecule has 0 aliphatic rings. The molecule has 0 unspecified atom stereocenters. The van der Waals surface area contributed by atoms with E-state index in [4.69, 9.17) is 0 Å². The number of benzene rings is 5. The first-order valence-corrected chi connectivity index (χ1v) is 15.4. The second-order valence-electron chi connectivity index (χ2n) is 9.80. The van der Waals surface area contributed by atoms with Gasteiger partial charge >= 0.3 is 0 Å². The molecule has 0 saturated carbocycles. The van der Waals surface area contributed by atoms with Gasteiger partial charge in [-0.3, -0.25) is 9.59 Å². The highest BCUT2D eigenvalue weighted by molar-refractivity contribution is 8.00. The molecule has 0 spiro atoms. The van der Waals surface area contributed by atoms with Gasteiger partial charge in [0.2, 0.25) is 5.91 Å². The summed E-state index contributed by atoms with van der Waals surface area (Å²) in [6.45, 7) is 6.13. The number of rotatable bonds is 11. The molecule has 5 N–H and O–H groups in total. The van der Waals surface area contributed by atoms with Crippen LogP contribution in [0.4, 0.5) is 5.69 Å². The Morgan fingerprint density at radius 2 is 1.36 bits per heavy atom. The van der Waals surface area contributed by atoms with E-state index in [1.165, 1.54) is 11.9 Å². The second kappa shape index (κ2) is 12.7. The Kier molecular flexibility index (Phi) is 9.05. The van der Waals surface area contributed by atoms with Gasteiger partial charge in [0.25, 0.3) is 5.91 Å². The minimum absolute atomic E-state index is 0.138. The Balaban J connectivity index is 1.35. The minimum atomic E-state index is -0.194. The Morgan fingerprint density at radius 1 is 0.810 bits per heavy atom. The van der Waals surface area contributed by atoms with E-state index in [9.17, 15) is 23.8 Å². The maximum atomic E-state index is 12.6. The Hall–Kier alpha value is -3.61. The topological polar surface area (TPSA) is 122 Å². The van der Waals surface area contributed by atoms with Crippen LogP contribution in [0, 0.1) is 0 Å². The lowest BCUT2D eigenvalue weighted by molar-refractivity contribution is -0.117. The Morgan fingerprint density at radius 3 is 1.95 bits per heavy atom. The fraction of sp³-hybridized carbons (Fsp3) is 0.161. The van der Waals surface area contributed by atoms with E-state index in [-0.39, 0.29) is 17.6 Å². The molecule has 0 aliphatic carbocycles. The molecule has 5 aromatic rings. The number of hydrogen-bond donors (Lipinski definition) is 5. The van der Waals surface area contributed by atoms with Crippen LogP contribution >= 0.6 is 36.0 Å². The zero-order chi connectivity index (χ0) is 30.0. The summed E-state index contributed by atoms with van der Waals surface area (Å²) in [5.74, 6) is -0.249. The van der Waals surface area contributed by atoms with Crippen LogP contribution in [0.2, 0.25) is 0 Å². The second-order valence-corrected chi connectivity index (χ2v) is 12.2. The Bertz CT molecular complexity index is 1790. The molecule has 5 rings (SSSR count). The van der Waals surface area contributed by atoms with Crippen molar-refractivity contribution >= 4 is 85.9 Å². The van der Waals surface area contributed by atoms with Crippen molar-refractivity contribution in [1.29, 1.82) is 0 Å². The first-order valence-electron chi connectivity index (χ1n) is 13.1. The number of amides is 2. The van der Waals surface area contributed by atoms with Crippen molar-refractivity contribution in [3.8, 4) is 5.75 Å². The van der Waals surface area contributed by atoms with Crippen molar-refractivity contribution in [2.75, 3.05) is 24.4 Å². The van der Waals surface area contributed by atoms with Crippen LogP contribution in [0.15, 0.2) is 87.5 Å². The van der Waals surface area contributed by atoms with Crippen LogP contribution in [0.25, 0.3) is 32.3 Å². The first-order chi connectivity index (χ1) is 20.2. The molecule has 42 heavy (non-hydrogen) atoms. The molecule has 0 bridgehead atoms. The van der Waals surface area contributed by atoms with E-state index in [2.05, 4.69) is 17.2 Å². The van der Waals surface area contributed by atoms with Crippen molar-refractivity contribution in [2.24, 2.45) is 0 Å². The van der Waals surface area contributed by atoms with Gasteiger partial charge in [0.15, 0.2) is 0 Å². The summed E-state index contributed by atoms with van der Waals surface area (Å²) in [4.78, 5) is 26.2. The van der Waals surface area contributed by atoms with Crippen LogP contribution in [0.1, 0.15) is 23.7 Å². The van der Waals surface area contributed by atoms with Gasteiger partial charge in [-0.1, -0.05) is 24.8 Å². The van der Waals surface area contributed by atoms with E-state index in [1.807, 2.05) is 47.8 Å². The quantitative estimate of drug-likeness (QED) is 0.0339. The average Bonchev–Trinajstić information content (AvgIpc) is 3.00. The summed E-state index contributed by atoms with van der Waals surface area (Å²) in [6, 6.07) is 18.4. The monoisotopic (exact) mass is 619 g/mol. The third-order valence-corrected chi connectivity index (χ3v) is 9.09. The minimum Gasteiger partial charge on any atom is -0.507 e. The summed E-state index contributed by atoms with van der Waals surface area (Å²) in [7, 11) is 1.91. The predicted octanol–water partition coefficient (Wildman–Crippen LogP) is 7.38. The molecule has 0 fully saturated rings. The third-order valence-electron chi connectivity index (χ3n) is 7.00. The number of hydrogen-bond acceptors (Lipinski definition) is 9. The van der Waals surface area contributed by atoms with Gasteiger partial charge in [0, 0.05) is 86.5 Å². The zero-order valence-corrected chi connectivity index (χ0v) is 25.4. The SMILES string of the molecule is C=C(C)C(=O)NCCCNC(=O)c1ccc(N(C)Sc2cc(O)c3ccc4c(SO)cc(SO)c5ccc2c3c45)cc1. The predicted molar refractivity (Wildman–Crippen MR) is 174 cm³/mol. The van der Waals surface area contributed by atoms with Gasteiger partial charge in [-0.15, -0.1) is 0 Å². The molecule has 216 valence electrons. The first kappa shape index (κ1) is 29.9. The van der Waals surface area contributed by atoms with Gasteiger partial charge in [-0.05, 0) is 89.3 Å². The standard InChI is InChI=1S/C31H29N3O5S3/c1-17(2)30(36)32-13-4-14-33-31(37)18-5-7-19(8-6-18)34(3)40-25-15-24(35)20-9-10-22-26(41-38)16-27(42-39)23-12-11-21(25)28(20)29(22)23/h5-12,15-16,35,38-39H,1,4,13-14H2,2-3H3,(H,32,36)(H,33,37). The fourth-order valence-corrected chi connectivity index (χ4v) is 6.78. The maximum Gasteiger partial charge on any atom is 0.251 e. The van der Waals surface area contributed by atoms with Gasteiger partial charge in [-0.25, -0.2) is 0 Å². The largest absolute Gasteiger partial charge is 0.507 e. The van der Waals surface area contributed by atoms with Crippen LogP contribution in [0.5, 0.6) is 5.75 Å². The summed E-state index contributed by atoms with van der Waals surface area (Å²) < 4.78 is 21.8. The van der Waals surface area contributed by atoms with Crippen molar-refractivity contribution in [2.45, 2.75) is 28.0 Å². The van der Waals surface area contributed by atoms with Crippen molar-refractivity contribution in [3.63, 3.8) is 0 Å². The molecule has 8 nitrogen and oxygen atoms in total. The van der Waals surface area contributed by atoms with Crippen molar-refractivity contribution in [3.05, 3.63) is 78.4 Å². The highest BCUT2D eigenvalue weighted by atomic mass is 32.2. The number of carbonyl (C=O) groups excluding carboxylic acids is 2. The lowest BCUT2D eigenvalue weighted by Gasteiger charge is -2.21. The van der Waals surface area contributed by atoms with E-state index >= 15 is 0 Å². The Labute approximate surface area is 256 Å². The van der Waals surface area contributed by atoms with Crippen LogP contribution in [0.3, 0.4) is 0 Å². The highest BCUT2D eigenvalue weighted by Crippen LogP contribution is 2.47. The number of nitrogens with one attached hydrogen (secondary N) is 2. The van der Waals surface area contributed by atoms with Crippen LogP contribution in [-0.2, 0) is 4.79 Å². The molecule has 0 radical (unpaired) electrons. The molecule has 0 aliphatic heterocycles. The molecule has 5 aromatic carbocycles. The summed E-state index contributed by atoms with van der Waals surface area (Å²) in [5, 5.41) is 21.6. The smallest absolute Gasteiger partial charge is 0.251 e. The molecular weight excluding hydrogens is 591 g/mol. The lowest BCUT2D eigenvalue weighted by atomic mass is 9.94. The molecule has 2 amide bonds. The number of carbonyl (C=O) groups is 2. The molecule has 11 heteroatoms. The molecule has 0 atom stereocenters.